The smallest absolute Gasteiger partial charge is 0.409 e. The van der Waals surface area contributed by atoms with E-state index in [1.807, 2.05) is 0 Å². The minimum atomic E-state index is -4.19. The number of rotatable bonds is 7. The van der Waals surface area contributed by atoms with Gasteiger partial charge in [-0.15, -0.1) is 0 Å². The van der Waals surface area contributed by atoms with Gasteiger partial charge in [-0.25, -0.2) is 22.0 Å². The molecule has 5 rings (SSSR count). The average molecular weight is 639 g/mol. The lowest BCUT2D eigenvalue weighted by Gasteiger charge is -2.47. The van der Waals surface area contributed by atoms with Gasteiger partial charge >= 0.3 is 6.09 Å². The predicted octanol–water partition coefficient (Wildman–Crippen LogP) is 4.85. The highest BCUT2D eigenvalue weighted by molar-refractivity contribution is 7.89. The Bertz CT molecular complexity index is 1410. The fourth-order valence-corrected chi connectivity index (χ4v) is 8.71. The first-order valence-corrected chi connectivity index (χ1v) is 16.5. The van der Waals surface area contributed by atoms with E-state index in [1.165, 1.54) is 33.5 Å². The Labute approximate surface area is 255 Å². The van der Waals surface area contributed by atoms with Gasteiger partial charge in [-0.2, -0.15) is 4.31 Å². The number of hydrogen-bond acceptors (Lipinski definition) is 6. The zero-order chi connectivity index (χ0) is 30.8. The van der Waals surface area contributed by atoms with Crippen molar-refractivity contribution >= 4 is 33.6 Å². The van der Waals surface area contributed by atoms with Crippen LogP contribution in [0.5, 0.6) is 0 Å². The van der Waals surface area contributed by atoms with Crippen LogP contribution in [0.3, 0.4) is 0 Å². The summed E-state index contributed by atoms with van der Waals surface area (Å²) in [4.78, 5) is 29.4. The van der Waals surface area contributed by atoms with Crippen LogP contribution in [0.2, 0.25) is 5.02 Å². The number of carbonyl (C=O) groups is 2. The van der Waals surface area contributed by atoms with E-state index in [0.29, 0.717) is 37.1 Å². The third-order valence-corrected chi connectivity index (χ3v) is 11.2. The number of likely N-dealkylation sites (tertiary alicyclic amines) is 2. The standard InChI is InChI=1S/C30H37ClF2N4O5S/c31-22-7-9-26(10-8-22)43(40,41)37-25(5-4-6-27(37)21-17-23(32)19-24(33)18-21)20-42-29(39)35-15-11-30(12-16-35,28(34)38)36-13-2-1-3-14-36/h7-10,17-19,25,27H,1-6,11-16,20H2,(H2,34,38). The number of ether oxygens (including phenoxy) is 1. The molecule has 0 radical (unpaired) electrons. The Kier molecular flexibility index (Phi) is 9.60. The van der Waals surface area contributed by atoms with E-state index >= 15 is 0 Å². The average Bonchev–Trinajstić information content (AvgIpc) is 2.99. The third-order valence-electron chi connectivity index (χ3n) is 9.01. The van der Waals surface area contributed by atoms with E-state index in [1.54, 1.807) is 0 Å². The Morgan fingerprint density at radius 2 is 1.56 bits per heavy atom. The van der Waals surface area contributed by atoms with E-state index in [4.69, 9.17) is 22.1 Å². The molecule has 2 aromatic rings. The largest absolute Gasteiger partial charge is 0.448 e. The quantitative estimate of drug-likeness (QED) is 0.464. The summed E-state index contributed by atoms with van der Waals surface area (Å²) in [7, 11) is -4.19. The Morgan fingerprint density at radius 1 is 0.930 bits per heavy atom. The van der Waals surface area contributed by atoms with Gasteiger partial charge in [-0.1, -0.05) is 18.0 Å². The molecule has 2 unspecified atom stereocenters. The number of sulfonamides is 1. The van der Waals surface area contributed by atoms with Gasteiger partial charge in [-0.3, -0.25) is 9.69 Å². The first-order valence-electron chi connectivity index (χ1n) is 14.7. The van der Waals surface area contributed by atoms with Crippen LogP contribution < -0.4 is 5.73 Å². The normalized spacial score (nSPS) is 23.6. The second kappa shape index (κ2) is 13.1. The van der Waals surface area contributed by atoms with Crippen molar-refractivity contribution in [3.63, 3.8) is 0 Å². The lowest BCUT2D eigenvalue weighted by Crippen LogP contribution is -2.63. The molecular formula is C30H37ClF2N4O5S. The number of halogens is 3. The number of benzene rings is 2. The number of piperidine rings is 3. The summed E-state index contributed by atoms with van der Waals surface area (Å²) in [5.41, 5.74) is 5.26. The van der Waals surface area contributed by atoms with Gasteiger partial charge in [0.15, 0.2) is 0 Å². The lowest BCUT2D eigenvalue weighted by molar-refractivity contribution is -0.134. The van der Waals surface area contributed by atoms with Crippen molar-refractivity contribution in [2.45, 2.75) is 73.9 Å². The van der Waals surface area contributed by atoms with Crippen LogP contribution in [-0.2, 0) is 19.6 Å². The SMILES string of the molecule is NC(=O)C1(N2CCCCC2)CCN(C(=O)OCC2CCCC(c3cc(F)cc(F)c3)N2S(=O)(=O)c2ccc(Cl)cc2)CC1. The molecule has 9 nitrogen and oxygen atoms in total. The van der Waals surface area contributed by atoms with Gasteiger partial charge in [0.2, 0.25) is 15.9 Å². The van der Waals surface area contributed by atoms with Crippen molar-refractivity contribution in [1.82, 2.24) is 14.1 Å². The fourth-order valence-electron chi connectivity index (χ4n) is 6.74. The van der Waals surface area contributed by atoms with Gasteiger partial charge < -0.3 is 15.4 Å². The van der Waals surface area contributed by atoms with Gasteiger partial charge in [0.05, 0.1) is 17.0 Å². The molecule has 3 heterocycles. The topological polar surface area (TPSA) is 113 Å². The monoisotopic (exact) mass is 638 g/mol. The summed E-state index contributed by atoms with van der Waals surface area (Å²) in [6, 6.07) is 7.00. The molecule has 2 atom stereocenters. The number of carbonyl (C=O) groups excluding carboxylic acids is 2. The predicted molar refractivity (Wildman–Crippen MR) is 157 cm³/mol. The minimum Gasteiger partial charge on any atom is -0.448 e. The molecule has 3 aliphatic rings. The molecule has 43 heavy (non-hydrogen) atoms. The number of hydrogen-bond donors (Lipinski definition) is 1. The van der Waals surface area contributed by atoms with Crippen molar-refractivity contribution < 1.29 is 31.5 Å². The van der Waals surface area contributed by atoms with Gasteiger partial charge in [0.1, 0.15) is 23.8 Å². The maximum absolute atomic E-state index is 14.2. The summed E-state index contributed by atoms with van der Waals surface area (Å²) in [5.74, 6) is -2.00. The summed E-state index contributed by atoms with van der Waals surface area (Å²) < 4.78 is 63.3. The highest BCUT2D eigenvalue weighted by atomic mass is 35.5. The van der Waals surface area contributed by atoms with E-state index in [2.05, 4.69) is 4.90 Å². The number of primary amides is 1. The van der Waals surface area contributed by atoms with Crippen LogP contribution in [0.25, 0.3) is 0 Å². The Balaban J connectivity index is 1.33. The molecule has 2 amide bonds. The van der Waals surface area contributed by atoms with Crippen LogP contribution >= 0.6 is 11.6 Å². The molecule has 0 spiro atoms. The second-order valence-electron chi connectivity index (χ2n) is 11.6. The van der Waals surface area contributed by atoms with Crippen molar-refractivity contribution in [2.24, 2.45) is 5.73 Å². The second-order valence-corrected chi connectivity index (χ2v) is 13.9. The summed E-state index contributed by atoms with van der Waals surface area (Å²) in [6.07, 6.45) is 4.56. The number of nitrogens with zero attached hydrogens (tertiary/aromatic N) is 3. The van der Waals surface area contributed by atoms with Crippen molar-refractivity contribution in [3.05, 3.63) is 64.7 Å². The maximum Gasteiger partial charge on any atom is 0.409 e. The Hall–Kier alpha value is -2.80. The highest BCUT2D eigenvalue weighted by Crippen LogP contribution is 2.40. The van der Waals surface area contributed by atoms with Crippen LogP contribution in [0.15, 0.2) is 47.4 Å². The third kappa shape index (κ3) is 6.67. The molecule has 3 aliphatic heterocycles. The van der Waals surface area contributed by atoms with E-state index in [-0.39, 0.29) is 36.1 Å². The molecule has 0 aliphatic carbocycles. The van der Waals surface area contributed by atoms with E-state index < -0.39 is 45.4 Å². The molecule has 3 fully saturated rings. The van der Waals surface area contributed by atoms with Crippen LogP contribution in [-0.4, -0.2) is 78.9 Å². The highest BCUT2D eigenvalue weighted by Gasteiger charge is 2.46. The van der Waals surface area contributed by atoms with Gasteiger partial charge in [-0.05, 0) is 100.0 Å². The van der Waals surface area contributed by atoms with Crippen molar-refractivity contribution in [1.29, 1.82) is 0 Å². The zero-order valence-electron chi connectivity index (χ0n) is 23.9. The Morgan fingerprint density at radius 3 is 2.16 bits per heavy atom. The molecule has 0 bridgehead atoms. The van der Waals surface area contributed by atoms with E-state index in [9.17, 15) is 26.8 Å². The number of amides is 2. The fraction of sp³-hybridized carbons (Fsp3) is 0.533. The molecule has 2 aromatic carbocycles. The summed E-state index contributed by atoms with van der Waals surface area (Å²) >= 11 is 5.99. The van der Waals surface area contributed by atoms with Crippen LogP contribution in [0, 0.1) is 11.6 Å². The molecule has 234 valence electrons. The molecule has 3 saturated heterocycles. The summed E-state index contributed by atoms with van der Waals surface area (Å²) in [5, 5.41) is 0.356. The lowest BCUT2D eigenvalue weighted by atomic mass is 9.83. The van der Waals surface area contributed by atoms with E-state index in [0.717, 1.165) is 50.6 Å². The molecule has 0 saturated carbocycles. The molecule has 0 aromatic heterocycles. The molecular weight excluding hydrogens is 602 g/mol. The first kappa shape index (κ1) is 31.6. The molecule has 2 N–H and O–H groups in total. The van der Waals surface area contributed by atoms with Crippen LogP contribution in [0.4, 0.5) is 13.6 Å². The van der Waals surface area contributed by atoms with Crippen LogP contribution in [0.1, 0.15) is 63.0 Å². The minimum absolute atomic E-state index is 0.0338. The van der Waals surface area contributed by atoms with Gasteiger partial charge in [0.25, 0.3) is 0 Å². The zero-order valence-corrected chi connectivity index (χ0v) is 25.5. The van der Waals surface area contributed by atoms with Crippen molar-refractivity contribution in [3.8, 4) is 0 Å². The number of nitrogens with two attached hydrogens (primary N) is 1. The molecule has 13 heteroatoms. The summed E-state index contributed by atoms with van der Waals surface area (Å²) in [6.45, 7) is 1.90. The van der Waals surface area contributed by atoms with Crippen molar-refractivity contribution in [2.75, 3.05) is 32.8 Å². The first-order chi connectivity index (χ1) is 20.5. The maximum atomic E-state index is 14.2. The van der Waals surface area contributed by atoms with Gasteiger partial charge in [0, 0.05) is 24.2 Å².